The second-order valence-electron chi connectivity index (χ2n) is 8.31. The number of nitrogens with one attached hydrogen (secondary N) is 2. The van der Waals surface area contributed by atoms with Crippen LogP contribution in [0, 0.1) is 30.6 Å². The fraction of sp³-hybridized carbons (Fsp3) is 0.455. The molecule has 4 unspecified atom stereocenters. The molecule has 1 saturated carbocycles. The van der Waals surface area contributed by atoms with Crippen molar-refractivity contribution in [2.45, 2.75) is 19.9 Å². The van der Waals surface area contributed by atoms with E-state index in [0.717, 1.165) is 23.5 Å². The van der Waals surface area contributed by atoms with Gasteiger partial charge in [0.2, 0.25) is 11.8 Å². The molecule has 2 bridgehead atoms. The van der Waals surface area contributed by atoms with E-state index in [1.807, 2.05) is 31.3 Å². The van der Waals surface area contributed by atoms with Crippen LogP contribution >= 0.6 is 0 Å². The first kappa shape index (κ1) is 18.8. The van der Waals surface area contributed by atoms with Gasteiger partial charge in [-0.2, -0.15) is 0 Å². The average molecular weight is 406 g/mol. The first-order valence-electron chi connectivity index (χ1n) is 10.5. The van der Waals surface area contributed by atoms with Gasteiger partial charge in [0.05, 0.1) is 24.1 Å². The minimum Gasteiger partial charge on any atom is -0.355 e. The van der Waals surface area contributed by atoms with Gasteiger partial charge in [-0.15, -0.1) is 0 Å². The normalized spacial score (nSPS) is 27.4. The van der Waals surface area contributed by atoms with Crippen LogP contribution in [0.3, 0.4) is 0 Å². The van der Waals surface area contributed by atoms with E-state index in [4.69, 9.17) is 0 Å². The van der Waals surface area contributed by atoms with Crippen LogP contribution in [-0.4, -0.2) is 52.2 Å². The van der Waals surface area contributed by atoms with Crippen molar-refractivity contribution in [1.29, 1.82) is 0 Å². The Balaban J connectivity index is 1.15. The largest absolute Gasteiger partial charge is 0.355 e. The third-order valence-corrected chi connectivity index (χ3v) is 6.60. The molecule has 1 saturated heterocycles. The van der Waals surface area contributed by atoms with Crippen molar-refractivity contribution in [3.8, 4) is 0 Å². The third kappa shape index (κ3) is 2.98. The second kappa shape index (κ2) is 7.27. The van der Waals surface area contributed by atoms with Crippen molar-refractivity contribution in [3.63, 3.8) is 0 Å². The molecule has 8 nitrogen and oxygen atoms in total. The van der Waals surface area contributed by atoms with Crippen LogP contribution in [0.25, 0.3) is 5.65 Å². The van der Waals surface area contributed by atoms with Crippen molar-refractivity contribution in [2.24, 2.45) is 28.7 Å². The van der Waals surface area contributed by atoms with Crippen LogP contribution in [0.4, 0.5) is 0 Å². The lowest BCUT2D eigenvalue weighted by molar-refractivity contribution is -0.140. The highest BCUT2D eigenvalue weighted by molar-refractivity contribution is 6.06. The summed E-state index contributed by atoms with van der Waals surface area (Å²) in [6.45, 7) is 3.40. The number of nitrogens with zero attached hydrogens (tertiary/aromatic N) is 4. The summed E-state index contributed by atoms with van der Waals surface area (Å²) in [6, 6.07) is 6.01. The summed E-state index contributed by atoms with van der Waals surface area (Å²) >= 11 is 0. The second-order valence-corrected chi connectivity index (χ2v) is 8.31. The molecule has 2 aromatic rings. The fourth-order valence-electron chi connectivity index (χ4n) is 5.15. The van der Waals surface area contributed by atoms with Gasteiger partial charge >= 0.3 is 0 Å². The Labute approximate surface area is 175 Å². The first-order valence-corrected chi connectivity index (χ1v) is 10.5. The van der Waals surface area contributed by atoms with Gasteiger partial charge in [-0.3, -0.25) is 19.5 Å². The van der Waals surface area contributed by atoms with E-state index < -0.39 is 0 Å². The fourth-order valence-corrected chi connectivity index (χ4v) is 5.15. The van der Waals surface area contributed by atoms with E-state index in [2.05, 4.69) is 37.2 Å². The number of imide groups is 1. The Kier molecular flexibility index (Phi) is 4.56. The molecule has 5 rings (SSSR count). The van der Waals surface area contributed by atoms with Crippen LogP contribution < -0.4 is 10.6 Å². The van der Waals surface area contributed by atoms with E-state index in [1.54, 1.807) is 7.05 Å². The van der Waals surface area contributed by atoms with Crippen molar-refractivity contribution in [1.82, 2.24) is 24.9 Å². The quantitative estimate of drug-likeness (QED) is 0.336. The number of likely N-dealkylation sites (tertiary alicyclic amines) is 1. The molecule has 0 spiro atoms. The molecule has 30 heavy (non-hydrogen) atoms. The predicted molar refractivity (Wildman–Crippen MR) is 113 cm³/mol. The van der Waals surface area contributed by atoms with E-state index in [-0.39, 0.29) is 35.5 Å². The van der Waals surface area contributed by atoms with E-state index >= 15 is 0 Å². The SMILES string of the molecule is CN=C(NCCN1C(=O)C2C3C=CC(C3)C2C1=O)NCc1cn2c(C)cccc2n1. The van der Waals surface area contributed by atoms with Crippen molar-refractivity contribution < 1.29 is 9.59 Å². The van der Waals surface area contributed by atoms with Crippen molar-refractivity contribution in [2.75, 3.05) is 20.1 Å². The minimum absolute atomic E-state index is 0.00772. The molecule has 2 aromatic heterocycles. The molecule has 4 atom stereocenters. The van der Waals surface area contributed by atoms with Gasteiger partial charge in [-0.25, -0.2) is 4.98 Å². The van der Waals surface area contributed by atoms with E-state index in [9.17, 15) is 9.59 Å². The number of carbonyl (C=O) groups is 2. The zero-order valence-electron chi connectivity index (χ0n) is 17.2. The van der Waals surface area contributed by atoms with Gasteiger partial charge in [-0.1, -0.05) is 18.2 Å². The van der Waals surface area contributed by atoms with E-state index in [1.165, 1.54) is 4.90 Å². The lowest BCUT2D eigenvalue weighted by atomic mass is 9.85. The van der Waals surface area contributed by atoms with Gasteiger partial charge in [0, 0.05) is 32.0 Å². The van der Waals surface area contributed by atoms with Crippen LogP contribution in [-0.2, 0) is 16.1 Å². The number of carbonyl (C=O) groups excluding carboxylic acids is 2. The molecule has 2 fully saturated rings. The topological polar surface area (TPSA) is 91.1 Å². The number of hydrogen-bond acceptors (Lipinski definition) is 4. The smallest absolute Gasteiger partial charge is 0.233 e. The number of aromatic nitrogens is 2. The van der Waals surface area contributed by atoms with Crippen LogP contribution in [0.15, 0.2) is 41.5 Å². The lowest BCUT2D eigenvalue weighted by Gasteiger charge is -2.18. The molecule has 2 amide bonds. The molecule has 156 valence electrons. The van der Waals surface area contributed by atoms with Crippen molar-refractivity contribution in [3.05, 3.63) is 47.9 Å². The predicted octanol–water partition coefficient (Wildman–Crippen LogP) is 1.11. The highest BCUT2D eigenvalue weighted by Gasteiger charge is 2.58. The Morgan fingerprint density at radius 1 is 1.17 bits per heavy atom. The summed E-state index contributed by atoms with van der Waals surface area (Å²) in [7, 11) is 1.70. The zero-order valence-corrected chi connectivity index (χ0v) is 17.2. The maximum absolute atomic E-state index is 12.7. The molecule has 8 heteroatoms. The van der Waals surface area contributed by atoms with Gasteiger partial charge in [0.25, 0.3) is 0 Å². The van der Waals surface area contributed by atoms with Crippen LogP contribution in [0.2, 0.25) is 0 Å². The Morgan fingerprint density at radius 2 is 1.90 bits per heavy atom. The maximum Gasteiger partial charge on any atom is 0.233 e. The molecule has 3 heterocycles. The summed E-state index contributed by atoms with van der Waals surface area (Å²) in [5.41, 5.74) is 2.95. The van der Waals surface area contributed by atoms with Crippen molar-refractivity contribution >= 4 is 23.4 Å². The number of amides is 2. The molecule has 1 aliphatic heterocycles. The number of guanidine groups is 1. The van der Waals surface area contributed by atoms with Gasteiger partial charge < -0.3 is 15.0 Å². The molecule has 0 aromatic carbocycles. The summed E-state index contributed by atoms with van der Waals surface area (Å²) in [4.78, 5) is 35.8. The monoisotopic (exact) mass is 406 g/mol. The van der Waals surface area contributed by atoms with E-state index in [0.29, 0.717) is 25.6 Å². The Hall–Kier alpha value is -3.16. The number of aryl methyl sites for hydroxylation is 1. The number of rotatable bonds is 5. The summed E-state index contributed by atoms with van der Waals surface area (Å²) < 4.78 is 2.05. The average Bonchev–Trinajstić information content (AvgIpc) is 3.50. The third-order valence-electron chi connectivity index (χ3n) is 6.60. The molecular formula is C22H26N6O2. The number of allylic oxidation sites excluding steroid dienone is 2. The van der Waals surface area contributed by atoms with Gasteiger partial charge in [-0.05, 0) is 37.3 Å². The summed E-state index contributed by atoms with van der Waals surface area (Å²) in [5.74, 6) is 0.825. The molecule has 0 radical (unpaired) electrons. The summed E-state index contributed by atoms with van der Waals surface area (Å²) in [5, 5.41) is 6.44. The lowest BCUT2D eigenvalue weighted by Crippen LogP contribution is -2.43. The number of aliphatic imine (C=N–C) groups is 1. The highest BCUT2D eigenvalue weighted by atomic mass is 16.2. The molecule has 3 aliphatic rings. The number of imidazole rings is 1. The van der Waals surface area contributed by atoms with Gasteiger partial charge in [0.15, 0.2) is 5.96 Å². The molecular weight excluding hydrogens is 380 g/mol. The van der Waals surface area contributed by atoms with Crippen LogP contribution in [0.5, 0.6) is 0 Å². The standard InChI is InChI=1S/C22H26N6O2/c1-13-4-3-5-17-26-16(12-28(13)17)11-25-22(23-2)24-8-9-27-20(29)18-14-6-7-15(10-14)19(18)21(27)30/h3-7,12,14-15,18-19H,8-11H2,1-2H3,(H2,23,24,25). The number of fused-ring (bicyclic) bond motifs is 6. The highest BCUT2D eigenvalue weighted by Crippen LogP contribution is 2.52. The Bertz CT molecular complexity index is 1040. The maximum atomic E-state index is 12.7. The summed E-state index contributed by atoms with van der Waals surface area (Å²) in [6.07, 6.45) is 7.20. The first-order chi connectivity index (χ1) is 14.6. The van der Waals surface area contributed by atoms with Gasteiger partial charge in [0.1, 0.15) is 5.65 Å². The number of hydrogen-bond donors (Lipinski definition) is 2. The van der Waals surface area contributed by atoms with Crippen LogP contribution in [0.1, 0.15) is 17.8 Å². The minimum atomic E-state index is -0.136. The Morgan fingerprint density at radius 3 is 2.57 bits per heavy atom. The number of pyridine rings is 1. The zero-order chi connectivity index (χ0) is 20.8. The molecule has 2 aliphatic carbocycles. The molecule has 2 N–H and O–H groups in total.